The van der Waals surface area contributed by atoms with E-state index in [1.165, 1.54) is 24.3 Å². The summed E-state index contributed by atoms with van der Waals surface area (Å²) < 4.78 is 4.54. The first-order chi connectivity index (χ1) is 10.4. The standard InChI is InChI=1S/C17H24N2S2/c1-17(19-13-6-3-7-14-19)9-16-21-20-15-8-12-18-10-4-2-5-11-18/h2-7,10-11,13-14,17H,8-9,12,15-16H2,1H3/q+2. The monoisotopic (exact) mass is 320 g/mol. The highest BCUT2D eigenvalue weighted by molar-refractivity contribution is 8.76. The third kappa shape index (κ3) is 6.53. The molecule has 0 aliphatic heterocycles. The minimum atomic E-state index is 0.583. The van der Waals surface area contributed by atoms with Crippen LogP contribution >= 0.6 is 21.6 Å². The molecule has 0 spiro atoms. The maximum absolute atomic E-state index is 2.29. The van der Waals surface area contributed by atoms with E-state index in [-0.39, 0.29) is 0 Å². The number of pyridine rings is 2. The molecule has 0 fully saturated rings. The van der Waals surface area contributed by atoms with Gasteiger partial charge in [0.05, 0.1) is 0 Å². The molecule has 2 aromatic rings. The Bertz CT molecular complexity index is 491. The summed E-state index contributed by atoms with van der Waals surface area (Å²) in [6.07, 6.45) is 11.0. The second kappa shape index (κ2) is 9.85. The lowest BCUT2D eigenvalue weighted by Crippen LogP contribution is -2.36. The molecule has 0 aromatic carbocycles. The fraction of sp³-hybridized carbons (Fsp3) is 0.412. The number of hydrogen-bond donors (Lipinski definition) is 0. The number of aromatic nitrogens is 2. The first-order valence-electron chi connectivity index (χ1n) is 7.50. The van der Waals surface area contributed by atoms with E-state index >= 15 is 0 Å². The lowest BCUT2D eigenvalue weighted by atomic mass is 10.2. The number of rotatable bonds is 9. The second-order valence-electron chi connectivity index (χ2n) is 5.07. The Morgan fingerprint density at radius 2 is 1.43 bits per heavy atom. The van der Waals surface area contributed by atoms with Crippen molar-refractivity contribution in [3.05, 3.63) is 61.2 Å². The van der Waals surface area contributed by atoms with Gasteiger partial charge in [0, 0.05) is 48.6 Å². The maximum atomic E-state index is 2.29. The van der Waals surface area contributed by atoms with E-state index in [4.69, 9.17) is 0 Å². The van der Waals surface area contributed by atoms with Crippen molar-refractivity contribution < 1.29 is 9.13 Å². The maximum Gasteiger partial charge on any atom is 0.169 e. The molecule has 2 heterocycles. The average Bonchev–Trinajstić information content (AvgIpc) is 2.55. The van der Waals surface area contributed by atoms with Crippen molar-refractivity contribution in [3.63, 3.8) is 0 Å². The van der Waals surface area contributed by atoms with E-state index in [1.807, 2.05) is 21.6 Å². The van der Waals surface area contributed by atoms with Crippen LogP contribution in [0.4, 0.5) is 0 Å². The van der Waals surface area contributed by atoms with Crippen molar-refractivity contribution in [1.29, 1.82) is 0 Å². The molecule has 0 aliphatic carbocycles. The Kier molecular flexibility index (Phi) is 7.68. The molecule has 0 saturated carbocycles. The highest BCUT2D eigenvalue weighted by atomic mass is 33.1. The van der Waals surface area contributed by atoms with E-state index in [0.717, 1.165) is 6.54 Å². The number of nitrogens with zero attached hydrogens (tertiary/aromatic N) is 2. The molecule has 4 heteroatoms. The molecule has 0 aliphatic rings. The van der Waals surface area contributed by atoms with Crippen LogP contribution in [-0.4, -0.2) is 11.5 Å². The normalized spacial score (nSPS) is 12.2. The van der Waals surface area contributed by atoms with Gasteiger partial charge in [-0.2, -0.15) is 0 Å². The molecular formula is C17H24N2S2+2. The van der Waals surface area contributed by atoms with Crippen molar-refractivity contribution in [1.82, 2.24) is 0 Å². The van der Waals surface area contributed by atoms with Crippen LogP contribution in [0.5, 0.6) is 0 Å². The third-order valence-electron chi connectivity index (χ3n) is 3.37. The van der Waals surface area contributed by atoms with Gasteiger partial charge in [0.1, 0.15) is 6.54 Å². The molecule has 0 amide bonds. The summed E-state index contributed by atoms with van der Waals surface area (Å²) in [6.45, 7) is 3.40. The van der Waals surface area contributed by atoms with Gasteiger partial charge < -0.3 is 0 Å². The Balaban J connectivity index is 1.50. The van der Waals surface area contributed by atoms with Crippen molar-refractivity contribution in [2.45, 2.75) is 32.4 Å². The Morgan fingerprint density at radius 1 is 0.810 bits per heavy atom. The summed E-state index contributed by atoms with van der Waals surface area (Å²) in [5, 5.41) is 0. The summed E-state index contributed by atoms with van der Waals surface area (Å²) in [5.41, 5.74) is 0. The summed E-state index contributed by atoms with van der Waals surface area (Å²) in [7, 11) is 4.01. The Hall–Kier alpha value is -1.00. The van der Waals surface area contributed by atoms with Crippen LogP contribution in [0.3, 0.4) is 0 Å². The number of hydrogen-bond acceptors (Lipinski definition) is 2. The fourth-order valence-corrected chi connectivity index (χ4v) is 4.35. The van der Waals surface area contributed by atoms with E-state index in [2.05, 4.69) is 77.2 Å². The molecule has 0 radical (unpaired) electrons. The molecule has 1 atom stereocenters. The highest BCUT2D eigenvalue weighted by Crippen LogP contribution is 2.24. The molecule has 0 saturated heterocycles. The minimum absolute atomic E-state index is 0.583. The topological polar surface area (TPSA) is 7.76 Å². The average molecular weight is 321 g/mol. The predicted molar refractivity (Wildman–Crippen MR) is 92.1 cm³/mol. The lowest BCUT2D eigenvalue weighted by Gasteiger charge is -2.06. The Morgan fingerprint density at radius 3 is 2.14 bits per heavy atom. The van der Waals surface area contributed by atoms with Crippen molar-refractivity contribution in [3.8, 4) is 0 Å². The summed E-state index contributed by atoms with van der Waals surface area (Å²) >= 11 is 0. The zero-order valence-corrected chi connectivity index (χ0v) is 14.2. The van der Waals surface area contributed by atoms with Crippen molar-refractivity contribution >= 4 is 21.6 Å². The van der Waals surface area contributed by atoms with Gasteiger partial charge in [0.15, 0.2) is 30.8 Å². The van der Waals surface area contributed by atoms with Gasteiger partial charge in [0.2, 0.25) is 0 Å². The van der Waals surface area contributed by atoms with Gasteiger partial charge in [-0.3, -0.25) is 0 Å². The molecule has 1 unspecified atom stereocenters. The zero-order chi connectivity index (χ0) is 14.8. The zero-order valence-electron chi connectivity index (χ0n) is 12.6. The molecule has 0 bridgehead atoms. The molecule has 21 heavy (non-hydrogen) atoms. The van der Waals surface area contributed by atoms with E-state index < -0.39 is 0 Å². The quantitative estimate of drug-likeness (QED) is 0.395. The van der Waals surface area contributed by atoms with Crippen molar-refractivity contribution in [2.24, 2.45) is 0 Å². The van der Waals surface area contributed by atoms with Gasteiger partial charge in [-0.1, -0.05) is 33.7 Å². The van der Waals surface area contributed by atoms with Crippen LogP contribution in [0.15, 0.2) is 61.2 Å². The number of aryl methyl sites for hydroxylation is 1. The van der Waals surface area contributed by atoms with Crippen LogP contribution in [0.2, 0.25) is 0 Å². The van der Waals surface area contributed by atoms with Gasteiger partial charge >= 0.3 is 0 Å². The lowest BCUT2D eigenvalue weighted by molar-refractivity contribution is -0.719. The smallest absolute Gasteiger partial charge is 0.169 e. The largest absolute Gasteiger partial charge is 0.205 e. The fourth-order valence-electron chi connectivity index (χ4n) is 2.08. The SMILES string of the molecule is CC(CCSSCCC[n+]1ccccc1)[n+]1ccccc1. The van der Waals surface area contributed by atoms with E-state index in [0.29, 0.717) is 6.04 Å². The van der Waals surface area contributed by atoms with Gasteiger partial charge in [0.25, 0.3) is 0 Å². The molecule has 112 valence electrons. The second-order valence-corrected chi connectivity index (χ2v) is 7.77. The summed E-state index contributed by atoms with van der Waals surface area (Å²) in [6, 6.07) is 13.1. The van der Waals surface area contributed by atoms with Crippen LogP contribution in [0.1, 0.15) is 25.8 Å². The van der Waals surface area contributed by atoms with Crippen LogP contribution < -0.4 is 9.13 Å². The molecule has 2 rings (SSSR count). The summed E-state index contributed by atoms with van der Waals surface area (Å²) in [4.78, 5) is 0. The highest BCUT2D eigenvalue weighted by Gasteiger charge is 2.10. The van der Waals surface area contributed by atoms with Crippen LogP contribution in [-0.2, 0) is 6.54 Å². The molecular weight excluding hydrogens is 296 g/mol. The van der Waals surface area contributed by atoms with Crippen LogP contribution in [0.25, 0.3) is 0 Å². The molecule has 2 aromatic heterocycles. The van der Waals surface area contributed by atoms with Crippen molar-refractivity contribution in [2.75, 3.05) is 11.5 Å². The van der Waals surface area contributed by atoms with Gasteiger partial charge in [-0.25, -0.2) is 9.13 Å². The van der Waals surface area contributed by atoms with Gasteiger partial charge in [-0.05, 0) is 6.92 Å². The van der Waals surface area contributed by atoms with Gasteiger partial charge in [-0.15, -0.1) is 0 Å². The minimum Gasteiger partial charge on any atom is -0.205 e. The van der Waals surface area contributed by atoms with E-state index in [9.17, 15) is 0 Å². The third-order valence-corrected chi connectivity index (χ3v) is 5.90. The van der Waals surface area contributed by atoms with E-state index in [1.54, 1.807) is 0 Å². The first kappa shape index (κ1) is 16.4. The first-order valence-corrected chi connectivity index (χ1v) is 9.99. The predicted octanol–water partition coefficient (Wildman–Crippen LogP) is 3.68. The summed E-state index contributed by atoms with van der Waals surface area (Å²) in [5.74, 6) is 2.44. The van der Waals surface area contributed by atoms with Crippen LogP contribution in [0, 0.1) is 0 Å². The molecule has 2 nitrogen and oxygen atoms in total. The molecule has 0 N–H and O–H groups in total. The Labute approximate surface area is 136 Å².